The van der Waals surface area contributed by atoms with Crippen molar-refractivity contribution in [2.24, 2.45) is 11.3 Å². The Hall–Kier alpha value is -3.19. The highest BCUT2D eigenvalue weighted by molar-refractivity contribution is 7.90. The molecule has 1 amide bonds. The van der Waals surface area contributed by atoms with Crippen LogP contribution < -0.4 is 14.9 Å². The molecule has 2 heterocycles. The number of amides is 1. The Balaban J connectivity index is 0.934. The number of allylic oxidation sites excluding steroid dienone is 1. The van der Waals surface area contributed by atoms with Crippen LogP contribution in [0.25, 0.3) is 0 Å². The van der Waals surface area contributed by atoms with Gasteiger partial charge in [-0.3, -0.25) is 19.8 Å². The Morgan fingerprint density at radius 1 is 1.00 bits per heavy atom. The molecule has 0 radical (unpaired) electrons. The number of nitro groups is 1. The van der Waals surface area contributed by atoms with E-state index >= 15 is 0 Å². The highest BCUT2D eigenvalue weighted by atomic mass is 35.5. The number of nitrogens with one attached hydrogen (secondary N) is 2. The van der Waals surface area contributed by atoms with Crippen LogP contribution in [0.1, 0.15) is 68.1 Å². The van der Waals surface area contributed by atoms with E-state index in [4.69, 9.17) is 16.3 Å². The third-order valence-electron chi connectivity index (χ3n) is 11.1. The summed E-state index contributed by atoms with van der Waals surface area (Å²) < 4.78 is 33.6. The average Bonchev–Trinajstić information content (AvgIpc) is 3.06. The first kappa shape index (κ1) is 33.3. The monoisotopic (exact) mass is 697 g/mol. The van der Waals surface area contributed by atoms with Crippen molar-refractivity contribution < 1.29 is 22.9 Å². The van der Waals surface area contributed by atoms with Gasteiger partial charge in [-0.05, 0) is 106 Å². The van der Waals surface area contributed by atoms with Crippen molar-refractivity contribution in [1.82, 2.24) is 9.62 Å². The molecule has 13 heteroatoms. The molecule has 8 rings (SSSR count). The lowest BCUT2D eigenvalue weighted by Gasteiger charge is -2.69. The number of nitrogens with zero attached hydrogens (tertiary/aromatic N) is 3. The zero-order chi connectivity index (χ0) is 33.5. The van der Waals surface area contributed by atoms with E-state index < -0.39 is 20.9 Å². The number of benzene rings is 2. The minimum absolute atomic E-state index is 0.101. The summed E-state index contributed by atoms with van der Waals surface area (Å²) in [7, 11) is -4.35. The van der Waals surface area contributed by atoms with E-state index in [0.717, 1.165) is 57.3 Å². The molecule has 0 spiro atoms. The lowest BCUT2D eigenvalue weighted by atomic mass is 9.40. The van der Waals surface area contributed by atoms with Gasteiger partial charge in [0.05, 0.1) is 9.82 Å². The van der Waals surface area contributed by atoms with Crippen molar-refractivity contribution in [3.63, 3.8) is 0 Å². The number of rotatable bonds is 11. The van der Waals surface area contributed by atoms with E-state index in [2.05, 4.69) is 19.8 Å². The van der Waals surface area contributed by atoms with Crippen LogP contribution in [0.2, 0.25) is 0 Å². The topological polar surface area (TPSA) is 134 Å². The number of hydrogen-bond acceptors (Lipinski definition) is 9. The number of ether oxygens (including phenoxy) is 1. The van der Waals surface area contributed by atoms with E-state index in [-0.39, 0.29) is 26.7 Å². The van der Waals surface area contributed by atoms with Crippen LogP contribution in [0.4, 0.5) is 17.1 Å². The fourth-order valence-electron chi connectivity index (χ4n) is 8.45. The molecule has 2 aromatic rings. The summed E-state index contributed by atoms with van der Waals surface area (Å²) >= 11 is 6.61. The largest absolute Gasteiger partial charge is 0.381 e. The summed E-state index contributed by atoms with van der Waals surface area (Å²) in [5.74, 6) is -0.479. The molecule has 2 N–H and O–H groups in total. The van der Waals surface area contributed by atoms with Gasteiger partial charge in [0.1, 0.15) is 5.69 Å². The number of carbonyl (C=O) groups excluding carboxylic acids is 1. The second-order valence-electron chi connectivity index (χ2n) is 14.4. The number of hydrogen-bond donors (Lipinski definition) is 2. The molecule has 2 saturated heterocycles. The fraction of sp³-hybridized carbons (Fsp3) is 0.571. The van der Waals surface area contributed by atoms with Gasteiger partial charge in [0.2, 0.25) is 0 Å². The molecule has 6 aliphatic rings. The molecular weight excluding hydrogens is 654 g/mol. The van der Waals surface area contributed by atoms with Crippen LogP contribution in [0, 0.1) is 21.4 Å². The van der Waals surface area contributed by atoms with E-state index in [9.17, 15) is 23.3 Å². The van der Waals surface area contributed by atoms with E-state index in [0.29, 0.717) is 31.1 Å². The number of halogens is 1. The minimum Gasteiger partial charge on any atom is -0.381 e. The predicted molar refractivity (Wildman–Crippen MR) is 185 cm³/mol. The van der Waals surface area contributed by atoms with Gasteiger partial charge < -0.3 is 15.0 Å². The normalized spacial score (nSPS) is 26.4. The molecule has 3 saturated carbocycles. The minimum atomic E-state index is -4.35. The van der Waals surface area contributed by atoms with E-state index in [1.165, 1.54) is 57.1 Å². The lowest BCUT2D eigenvalue weighted by molar-refractivity contribution is -0.384. The zero-order valence-corrected chi connectivity index (χ0v) is 28.8. The molecule has 258 valence electrons. The lowest BCUT2D eigenvalue weighted by Crippen LogP contribution is -2.64. The van der Waals surface area contributed by atoms with Gasteiger partial charge >= 0.3 is 0 Å². The van der Waals surface area contributed by atoms with Crippen molar-refractivity contribution in [3.05, 3.63) is 69.3 Å². The van der Waals surface area contributed by atoms with Gasteiger partial charge in [0.25, 0.3) is 21.6 Å². The molecular formula is C35H44ClN5O6S. The Morgan fingerprint density at radius 3 is 2.35 bits per heavy atom. The van der Waals surface area contributed by atoms with Gasteiger partial charge in [-0.25, -0.2) is 13.1 Å². The standard InChI is InChI=1S/C35H44ClN5O6S/c36-35-22-34(23-35,24-35)30-4-2-1-3-27(30)21-39-13-15-40(16-14-39)28-7-5-26(6-8-28)33(42)38-48(45,46)29-9-10-31(32(19-29)41(43)44)37-20-25-11-17-47-18-12-25/h5-10,19,25,37H,1-4,11-18,20-24H2,(H,38,42). The van der Waals surface area contributed by atoms with Crippen molar-refractivity contribution in [1.29, 1.82) is 0 Å². The van der Waals surface area contributed by atoms with Crippen LogP contribution in [0.3, 0.4) is 0 Å². The predicted octanol–water partition coefficient (Wildman–Crippen LogP) is 5.71. The fourth-order valence-corrected chi connectivity index (χ4v) is 10.2. The maximum atomic E-state index is 13.1. The first-order valence-corrected chi connectivity index (χ1v) is 19.0. The Labute approximate surface area is 287 Å². The number of sulfonamides is 1. The molecule has 0 aromatic heterocycles. The van der Waals surface area contributed by atoms with Gasteiger partial charge in [-0.2, -0.15) is 0 Å². The maximum Gasteiger partial charge on any atom is 0.293 e. The molecule has 0 unspecified atom stereocenters. The van der Waals surface area contributed by atoms with Crippen molar-refractivity contribution in [3.8, 4) is 0 Å². The molecule has 5 fully saturated rings. The molecule has 48 heavy (non-hydrogen) atoms. The highest BCUT2D eigenvalue weighted by Crippen LogP contribution is 2.75. The maximum absolute atomic E-state index is 13.1. The summed E-state index contributed by atoms with van der Waals surface area (Å²) in [5.41, 5.74) is 4.84. The average molecular weight is 698 g/mol. The van der Waals surface area contributed by atoms with E-state index in [1.54, 1.807) is 23.3 Å². The number of anilines is 2. The quantitative estimate of drug-likeness (QED) is 0.131. The van der Waals surface area contributed by atoms with Crippen molar-refractivity contribution >= 4 is 44.6 Å². The second kappa shape index (κ2) is 13.3. The van der Waals surface area contributed by atoms with Crippen LogP contribution >= 0.6 is 11.6 Å². The van der Waals surface area contributed by atoms with Crippen LogP contribution in [0.15, 0.2) is 58.5 Å². The van der Waals surface area contributed by atoms with Crippen LogP contribution in [-0.2, 0) is 14.8 Å². The Morgan fingerprint density at radius 2 is 1.69 bits per heavy atom. The van der Waals surface area contributed by atoms with Gasteiger partial charge in [-0.15, -0.1) is 11.6 Å². The van der Waals surface area contributed by atoms with Crippen molar-refractivity contribution in [2.75, 3.05) is 62.7 Å². The number of alkyl halides is 1. The molecule has 2 aliphatic heterocycles. The highest BCUT2D eigenvalue weighted by Gasteiger charge is 2.68. The summed E-state index contributed by atoms with van der Waals surface area (Å²) in [6, 6.07) is 10.5. The van der Waals surface area contributed by atoms with Gasteiger partial charge in [0, 0.05) is 74.7 Å². The summed E-state index contributed by atoms with van der Waals surface area (Å²) in [5, 5.41) is 14.9. The van der Waals surface area contributed by atoms with Gasteiger partial charge in [-0.1, -0.05) is 11.1 Å². The molecule has 0 atom stereocenters. The van der Waals surface area contributed by atoms with E-state index in [1.807, 2.05) is 12.1 Å². The number of piperazine rings is 1. The Bertz CT molecular complexity index is 1680. The zero-order valence-electron chi connectivity index (χ0n) is 27.2. The molecule has 2 aromatic carbocycles. The van der Waals surface area contributed by atoms with Crippen molar-refractivity contribution in [2.45, 2.75) is 67.6 Å². The van der Waals surface area contributed by atoms with Crippen LogP contribution in [-0.4, -0.2) is 81.5 Å². The number of nitro benzene ring substituents is 1. The molecule has 11 nitrogen and oxygen atoms in total. The molecule has 2 bridgehead atoms. The second-order valence-corrected chi connectivity index (χ2v) is 16.9. The summed E-state index contributed by atoms with van der Waals surface area (Å²) in [6.45, 7) is 6.54. The first-order chi connectivity index (χ1) is 23.0. The third-order valence-corrected chi connectivity index (χ3v) is 12.8. The molecule has 4 aliphatic carbocycles. The summed E-state index contributed by atoms with van der Waals surface area (Å²) in [4.78, 5) is 28.8. The third kappa shape index (κ3) is 6.81. The first-order valence-electron chi connectivity index (χ1n) is 17.2. The van der Waals surface area contributed by atoms with Crippen LogP contribution in [0.5, 0.6) is 0 Å². The Kier molecular flexibility index (Phi) is 9.20. The number of carbonyl (C=O) groups is 1. The van der Waals surface area contributed by atoms with Gasteiger partial charge in [0.15, 0.2) is 0 Å². The smallest absolute Gasteiger partial charge is 0.293 e. The summed E-state index contributed by atoms with van der Waals surface area (Å²) in [6.07, 6.45) is 10.2. The SMILES string of the molecule is O=C(NS(=O)(=O)c1ccc(NCC2CCOCC2)c([N+](=O)[O-])c1)c1ccc(N2CCN(CC3=C(C45CC(Cl)(C4)C5)CCCC3)CC2)cc1.